The number of hydrogen-bond acceptors (Lipinski definition) is 6. The summed E-state index contributed by atoms with van der Waals surface area (Å²) in [4.78, 5) is 37.2. The number of carbonyl (C=O) groups is 3. The second-order valence-electron chi connectivity index (χ2n) is 11.6. The minimum atomic E-state index is -1.00. The van der Waals surface area contributed by atoms with Crippen molar-refractivity contribution in [1.29, 1.82) is 0 Å². The van der Waals surface area contributed by atoms with Gasteiger partial charge in [0.15, 0.2) is 0 Å². The third-order valence-electron chi connectivity index (χ3n) is 8.92. The zero-order chi connectivity index (χ0) is 25.1. The summed E-state index contributed by atoms with van der Waals surface area (Å²) in [7, 11) is 0. The zero-order valence-electron chi connectivity index (χ0n) is 21.9. The van der Waals surface area contributed by atoms with E-state index in [1.54, 1.807) is 6.08 Å². The fourth-order valence-corrected chi connectivity index (χ4v) is 6.84. The quantitative estimate of drug-likeness (QED) is 0.275. The van der Waals surface area contributed by atoms with E-state index in [9.17, 15) is 14.4 Å². The molecule has 0 aromatic rings. The van der Waals surface area contributed by atoms with Gasteiger partial charge in [-0.3, -0.25) is 9.59 Å². The lowest BCUT2D eigenvalue weighted by atomic mass is 9.50. The van der Waals surface area contributed by atoms with Crippen LogP contribution in [0.25, 0.3) is 0 Å². The Balaban J connectivity index is 1.93. The van der Waals surface area contributed by atoms with Crippen molar-refractivity contribution in [3.8, 4) is 0 Å². The van der Waals surface area contributed by atoms with Crippen LogP contribution in [0.4, 0.5) is 0 Å². The summed E-state index contributed by atoms with van der Waals surface area (Å²) in [5, 5.41) is 0. The molecule has 0 aromatic carbocycles. The molecular formula is C28H44O6. The lowest BCUT2D eigenvalue weighted by Gasteiger charge is -2.60. The van der Waals surface area contributed by atoms with Gasteiger partial charge < -0.3 is 14.2 Å². The van der Waals surface area contributed by atoms with Crippen LogP contribution in [0.3, 0.4) is 0 Å². The van der Waals surface area contributed by atoms with E-state index in [0.717, 1.165) is 32.1 Å². The van der Waals surface area contributed by atoms with Crippen LogP contribution in [0.5, 0.6) is 0 Å². The summed E-state index contributed by atoms with van der Waals surface area (Å²) in [5.74, 6) is 0.115. The van der Waals surface area contributed by atoms with Crippen molar-refractivity contribution in [2.75, 3.05) is 0 Å². The maximum absolute atomic E-state index is 13.1. The average molecular weight is 477 g/mol. The van der Waals surface area contributed by atoms with Crippen LogP contribution in [0.15, 0.2) is 12.2 Å². The van der Waals surface area contributed by atoms with E-state index in [4.69, 9.17) is 14.2 Å². The fourth-order valence-electron chi connectivity index (χ4n) is 6.84. The van der Waals surface area contributed by atoms with Crippen LogP contribution in [-0.2, 0) is 28.6 Å². The van der Waals surface area contributed by atoms with Gasteiger partial charge in [0.25, 0.3) is 0 Å². The molecule has 3 rings (SSSR count). The third kappa shape index (κ3) is 5.85. The first-order chi connectivity index (χ1) is 16.0. The molecule has 6 nitrogen and oxygen atoms in total. The smallest absolute Gasteiger partial charge is 0.331 e. The van der Waals surface area contributed by atoms with Crippen LogP contribution in [0.1, 0.15) is 99.3 Å². The third-order valence-corrected chi connectivity index (χ3v) is 8.92. The van der Waals surface area contributed by atoms with Crippen molar-refractivity contribution in [3.05, 3.63) is 12.2 Å². The van der Waals surface area contributed by atoms with Crippen LogP contribution in [-0.4, -0.2) is 35.7 Å². The molecule has 0 aliphatic heterocycles. The van der Waals surface area contributed by atoms with Crippen molar-refractivity contribution < 1.29 is 28.6 Å². The number of fused-ring (bicyclic) bond motifs is 1. The molecule has 0 aromatic heterocycles. The molecule has 192 valence electrons. The molecule has 3 fully saturated rings. The van der Waals surface area contributed by atoms with Crippen LogP contribution in [0.2, 0.25) is 0 Å². The van der Waals surface area contributed by atoms with Gasteiger partial charge in [0.1, 0.15) is 17.8 Å². The van der Waals surface area contributed by atoms with E-state index in [-0.39, 0.29) is 23.3 Å². The Hall–Kier alpha value is -1.85. The second kappa shape index (κ2) is 10.8. The fraction of sp³-hybridized carbons (Fsp3) is 0.821. The van der Waals surface area contributed by atoms with Gasteiger partial charge in [-0.05, 0) is 56.8 Å². The number of carbonyl (C=O) groups excluding carboxylic acids is 3. The van der Waals surface area contributed by atoms with Gasteiger partial charge in [0, 0.05) is 37.7 Å². The molecule has 3 aliphatic carbocycles. The largest absolute Gasteiger partial charge is 0.462 e. The standard InChI is InChI=1S/C28H44O6/c1-18(2)22-14-15-27(5)23(16-22)28(6,25(33-20(4)30)17-24(27)32-19(3)29)34-26(31)13-12-21-10-8-7-9-11-21/h12-13,18,21-25H,7-11,14-17H2,1-6H3/b13-12+/t22-,23?,24-,25-,27-,28-/m1/s1. The molecule has 0 bridgehead atoms. The summed E-state index contributed by atoms with van der Waals surface area (Å²) in [6, 6.07) is 0. The van der Waals surface area contributed by atoms with Gasteiger partial charge in [-0.15, -0.1) is 0 Å². The van der Waals surface area contributed by atoms with Gasteiger partial charge in [0.05, 0.1) is 0 Å². The molecule has 3 saturated carbocycles. The Bertz CT molecular complexity index is 782. The predicted octanol–water partition coefficient (Wildman–Crippen LogP) is 5.77. The van der Waals surface area contributed by atoms with Crippen molar-refractivity contribution in [2.24, 2.45) is 29.1 Å². The van der Waals surface area contributed by atoms with Gasteiger partial charge in [0.2, 0.25) is 0 Å². The summed E-state index contributed by atoms with van der Waals surface area (Å²) < 4.78 is 17.8. The Kier molecular flexibility index (Phi) is 8.51. The summed E-state index contributed by atoms with van der Waals surface area (Å²) in [6.07, 6.45) is 11.4. The lowest BCUT2D eigenvalue weighted by molar-refractivity contribution is -0.249. The van der Waals surface area contributed by atoms with Crippen LogP contribution >= 0.6 is 0 Å². The molecule has 0 amide bonds. The predicted molar refractivity (Wildman–Crippen MR) is 130 cm³/mol. The van der Waals surface area contributed by atoms with Crippen molar-refractivity contribution in [2.45, 2.75) is 117 Å². The highest BCUT2D eigenvalue weighted by atomic mass is 16.6. The summed E-state index contributed by atoms with van der Waals surface area (Å²) in [6.45, 7) is 11.3. The van der Waals surface area contributed by atoms with Gasteiger partial charge in [-0.1, -0.05) is 46.1 Å². The van der Waals surface area contributed by atoms with E-state index in [1.807, 2.05) is 13.0 Å². The first-order valence-electron chi connectivity index (χ1n) is 13.2. The van der Waals surface area contributed by atoms with E-state index >= 15 is 0 Å². The molecule has 34 heavy (non-hydrogen) atoms. The Labute approximate surface area is 205 Å². The maximum Gasteiger partial charge on any atom is 0.331 e. The van der Waals surface area contributed by atoms with Gasteiger partial charge in [-0.2, -0.15) is 0 Å². The van der Waals surface area contributed by atoms with Crippen molar-refractivity contribution in [3.63, 3.8) is 0 Å². The Morgan fingerprint density at radius 1 is 0.882 bits per heavy atom. The molecule has 0 heterocycles. The van der Waals surface area contributed by atoms with Gasteiger partial charge >= 0.3 is 17.9 Å². The van der Waals surface area contributed by atoms with E-state index in [0.29, 0.717) is 24.2 Å². The Morgan fingerprint density at radius 3 is 2.09 bits per heavy atom. The van der Waals surface area contributed by atoms with Gasteiger partial charge in [-0.25, -0.2) is 4.79 Å². The highest BCUT2D eigenvalue weighted by Gasteiger charge is 2.64. The van der Waals surface area contributed by atoms with Crippen molar-refractivity contribution >= 4 is 17.9 Å². The maximum atomic E-state index is 13.1. The van der Waals surface area contributed by atoms with E-state index in [1.165, 1.54) is 33.1 Å². The monoisotopic (exact) mass is 476 g/mol. The number of rotatable bonds is 6. The molecule has 0 spiro atoms. The first-order valence-corrected chi connectivity index (χ1v) is 13.2. The van der Waals surface area contributed by atoms with Crippen molar-refractivity contribution in [1.82, 2.24) is 0 Å². The van der Waals surface area contributed by atoms with Crippen LogP contribution in [0, 0.1) is 29.1 Å². The molecule has 1 unspecified atom stereocenters. The zero-order valence-corrected chi connectivity index (χ0v) is 21.9. The normalized spacial score (nSPS) is 36.7. The van der Waals surface area contributed by atoms with E-state index in [2.05, 4.69) is 20.8 Å². The Morgan fingerprint density at radius 2 is 1.50 bits per heavy atom. The highest BCUT2D eigenvalue weighted by molar-refractivity contribution is 5.82. The number of hydrogen-bond donors (Lipinski definition) is 0. The topological polar surface area (TPSA) is 78.9 Å². The van der Waals surface area contributed by atoms with E-state index < -0.39 is 23.8 Å². The first kappa shape index (κ1) is 26.7. The molecule has 0 saturated heterocycles. The SMILES string of the molecule is CC(=O)O[C@@H]1C[C@@H](OC(C)=O)[C@](C)(OC(=O)/C=C/C2CCCCC2)C2C[C@H](C(C)C)CC[C@]21C. The molecular weight excluding hydrogens is 432 g/mol. The molecule has 3 aliphatic rings. The van der Waals surface area contributed by atoms with Crippen LogP contribution < -0.4 is 0 Å². The molecule has 6 atom stereocenters. The molecule has 0 radical (unpaired) electrons. The molecule has 0 N–H and O–H groups in total. The summed E-state index contributed by atoms with van der Waals surface area (Å²) in [5.41, 5.74) is -1.37. The lowest BCUT2D eigenvalue weighted by Crippen LogP contribution is -2.66. The number of ether oxygens (including phenoxy) is 3. The summed E-state index contributed by atoms with van der Waals surface area (Å²) >= 11 is 0. The highest BCUT2D eigenvalue weighted by Crippen LogP contribution is 2.59. The minimum Gasteiger partial charge on any atom is -0.462 e. The minimum absolute atomic E-state index is 0.101. The number of esters is 3. The average Bonchev–Trinajstić information content (AvgIpc) is 2.76. The second-order valence-corrected chi connectivity index (χ2v) is 11.6. The molecule has 6 heteroatoms. The number of allylic oxidation sites excluding steroid dienone is 1.